The van der Waals surface area contributed by atoms with Crippen LogP contribution in [0.15, 0.2) is 60.7 Å². The Hall–Kier alpha value is -4.32. The smallest absolute Gasteiger partial charge is 0.398 e. The number of amides is 1. The quantitative estimate of drug-likeness (QED) is 0.240. The summed E-state index contributed by atoms with van der Waals surface area (Å²) < 4.78 is 80.3. The second-order valence-corrected chi connectivity index (χ2v) is 10.6. The first kappa shape index (κ1) is 30.1. The van der Waals surface area contributed by atoms with Gasteiger partial charge >= 0.3 is 12.4 Å². The van der Waals surface area contributed by atoms with Gasteiger partial charge in [0.2, 0.25) is 0 Å². The number of anilines is 3. The Morgan fingerprint density at radius 2 is 1.60 bits per heavy atom. The van der Waals surface area contributed by atoms with Crippen molar-refractivity contribution >= 4 is 33.9 Å². The van der Waals surface area contributed by atoms with Gasteiger partial charge in [-0.3, -0.25) is 14.7 Å². The van der Waals surface area contributed by atoms with Crippen LogP contribution >= 0.6 is 0 Å². The zero-order valence-corrected chi connectivity index (χ0v) is 23.4. The minimum Gasteiger partial charge on any atom is -0.398 e. The molecule has 2 heterocycles. The van der Waals surface area contributed by atoms with Crippen molar-refractivity contribution < 1.29 is 31.1 Å². The number of rotatable bonds is 5. The number of benzene rings is 3. The van der Waals surface area contributed by atoms with Crippen molar-refractivity contribution in [2.45, 2.75) is 32.7 Å². The average molecular weight is 602 g/mol. The summed E-state index contributed by atoms with van der Waals surface area (Å²) in [6.07, 6.45) is -9.82. The second-order valence-electron chi connectivity index (χ2n) is 10.6. The molecule has 226 valence electrons. The number of fused-ring (bicyclic) bond motifs is 1. The zero-order chi connectivity index (χ0) is 31.1. The predicted octanol–water partition coefficient (Wildman–Crippen LogP) is 7.05. The van der Waals surface area contributed by atoms with E-state index >= 15 is 0 Å². The number of alkyl halides is 6. The first-order valence-electron chi connectivity index (χ1n) is 13.5. The molecule has 1 aliphatic heterocycles. The highest BCUT2D eigenvalue weighted by atomic mass is 19.4. The highest BCUT2D eigenvalue weighted by Gasteiger charge is 2.39. The summed E-state index contributed by atoms with van der Waals surface area (Å²) in [5.74, 6) is -0.330. The van der Waals surface area contributed by atoms with Crippen LogP contribution in [0.4, 0.5) is 43.4 Å². The molecule has 3 aromatic carbocycles. The molecule has 12 heteroatoms. The van der Waals surface area contributed by atoms with Gasteiger partial charge in [0.1, 0.15) is 0 Å². The highest BCUT2D eigenvalue weighted by molar-refractivity contribution is 6.06. The summed E-state index contributed by atoms with van der Waals surface area (Å²) in [5, 5.41) is 3.65. The lowest BCUT2D eigenvalue weighted by Crippen LogP contribution is -2.46. The van der Waals surface area contributed by atoms with Crippen LogP contribution in [0.5, 0.6) is 0 Å². The predicted molar refractivity (Wildman–Crippen MR) is 154 cm³/mol. The molecule has 1 aliphatic rings. The number of halogens is 6. The Morgan fingerprint density at radius 3 is 2.28 bits per heavy atom. The number of nitrogen functional groups attached to an aromatic ring is 1. The van der Waals surface area contributed by atoms with Crippen LogP contribution in [0.1, 0.15) is 38.3 Å². The van der Waals surface area contributed by atoms with Crippen LogP contribution in [0.2, 0.25) is 0 Å². The molecular formula is C31H29F6N5O. The molecule has 0 bridgehead atoms. The van der Waals surface area contributed by atoms with Crippen LogP contribution in [0, 0.1) is 13.8 Å². The number of aromatic nitrogens is 1. The van der Waals surface area contributed by atoms with E-state index < -0.39 is 23.5 Å². The molecular weight excluding hydrogens is 572 g/mol. The maximum absolute atomic E-state index is 13.7. The number of carbonyl (C=O) groups excluding carboxylic acids is 1. The highest BCUT2D eigenvalue weighted by Crippen LogP contribution is 2.41. The van der Waals surface area contributed by atoms with Gasteiger partial charge in [0.25, 0.3) is 5.91 Å². The van der Waals surface area contributed by atoms with Gasteiger partial charge in [-0.2, -0.15) is 26.3 Å². The van der Waals surface area contributed by atoms with Crippen molar-refractivity contribution in [2.24, 2.45) is 0 Å². The second kappa shape index (κ2) is 11.4. The molecule has 6 nitrogen and oxygen atoms in total. The molecule has 4 aromatic rings. The average Bonchev–Trinajstić information content (AvgIpc) is 2.96. The van der Waals surface area contributed by atoms with E-state index in [4.69, 9.17) is 5.73 Å². The summed E-state index contributed by atoms with van der Waals surface area (Å²) in [6, 6.07) is 14.1. The Balaban J connectivity index is 1.29. The van der Waals surface area contributed by atoms with E-state index in [0.717, 1.165) is 33.8 Å². The summed E-state index contributed by atoms with van der Waals surface area (Å²) in [5.41, 5.74) is 8.10. The molecule has 3 N–H and O–H groups in total. The van der Waals surface area contributed by atoms with Gasteiger partial charge in [-0.25, -0.2) is 0 Å². The fraction of sp³-hybridized carbons (Fsp3) is 0.290. The molecule has 0 saturated carbocycles. The number of pyridine rings is 1. The number of hydrogen-bond donors (Lipinski definition) is 2. The number of carbonyl (C=O) groups is 1. The molecule has 1 fully saturated rings. The molecule has 1 saturated heterocycles. The molecule has 0 aliphatic carbocycles. The van der Waals surface area contributed by atoms with Crippen LogP contribution in [-0.2, 0) is 18.9 Å². The first-order chi connectivity index (χ1) is 20.2. The standard InChI is InChI=1S/C31H29F6N5O/c1-18-19(2)39-26-9-8-22(16-24(26)28(18)38)40-29(43)23-6-4-3-5-20(23)17-41-11-13-42(14-12-41)27-10-7-21(30(32,33)34)15-25(27)31(35,36)37/h3-10,15-16H,11-14,17H2,1-2H3,(H2,38,39)(H,40,43). The van der Waals surface area contributed by atoms with Crippen molar-refractivity contribution in [3.63, 3.8) is 0 Å². The van der Waals surface area contributed by atoms with E-state index in [9.17, 15) is 31.1 Å². The third kappa shape index (κ3) is 6.38. The van der Waals surface area contributed by atoms with Gasteiger partial charge in [-0.05, 0) is 67.4 Å². The van der Waals surface area contributed by atoms with Crippen LogP contribution in [0.3, 0.4) is 0 Å². The lowest BCUT2D eigenvalue weighted by molar-refractivity contribution is -0.142. The van der Waals surface area contributed by atoms with Crippen molar-refractivity contribution in [2.75, 3.05) is 42.1 Å². The van der Waals surface area contributed by atoms with Gasteiger partial charge in [-0.1, -0.05) is 18.2 Å². The Labute approximate surface area is 244 Å². The Kier molecular flexibility index (Phi) is 7.99. The molecule has 0 atom stereocenters. The number of nitrogens with zero attached hydrogens (tertiary/aromatic N) is 3. The van der Waals surface area contributed by atoms with Crippen molar-refractivity contribution in [3.05, 3.63) is 94.2 Å². The van der Waals surface area contributed by atoms with E-state index in [1.54, 1.807) is 36.4 Å². The minimum atomic E-state index is -4.94. The number of hydrogen-bond acceptors (Lipinski definition) is 5. The topological polar surface area (TPSA) is 74.5 Å². The number of aryl methyl sites for hydroxylation is 1. The lowest BCUT2D eigenvalue weighted by Gasteiger charge is -2.37. The number of nitrogens with one attached hydrogen (secondary N) is 1. The molecule has 1 aromatic heterocycles. The number of piperazine rings is 1. The van der Waals surface area contributed by atoms with Gasteiger partial charge < -0.3 is 16.0 Å². The first-order valence-corrected chi connectivity index (χ1v) is 13.5. The maximum atomic E-state index is 13.7. The SMILES string of the molecule is Cc1nc2ccc(NC(=O)c3ccccc3CN3CCN(c4ccc(C(F)(F)F)cc4C(F)(F)F)CC3)cc2c(N)c1C. The number of nitrogens with two attached hydrogens (primary N) is 1. The van der Waals surface area contributed by atoms with E-state index in [2.05, 4.69) is 10.3 Å². The summed E-state index contributed by atoms with van der Waals surface area (Å²) in [6.45, 7) is 5.18. The summed E-state index contributed by atoms with van der Waals surface area (Å²) >= 11 is 0. The normalized spacial score (nSPS) is 14.7. The molecule has 1 amide bonds. The van der Waals surface area contributed by atoms with Crippen molar-refractivity contribution in [1.82, 2.24) is 9.88 Å². The maximum Gasteiger partial charge on any atom is 0.418 e. The minimum absolute atomic E-state index is 0.166. The fourth-order valence-electron chi connectivity index (χ4n) is 5.27. The third-order valence-corrected chi connectivity index (χ3v) is 7.78. The van der Waals surface area contributed by atoms with Crippen LogP contribution in [-0.4, -0.2) is 42.0 Å². The fourth-order valence-corrected chi connectivity index (χ4v) is 5.27. The summed E-state index contributed by atoms with van der Waals surface area (Å²) in [7, 11) is 0. The molecule has 5 rings (SSSR count). The van der Waals surface area contributed by atoms with Crippen molar-refractivity contribution in [1.29, 1.82) is 0 Å². The third-order valence-electron chi connectivity index (χ3n) is 7.78. The largest absolute Gasteiger partial charge is 0.418 e. The van der Waals surface area contributed by atoms with Gasteiger partial charge in [0, 0.05) is 66.4 Å². The van der Waals surface area contributed by atoms with E-state index in [1.807, 2.05) is 24.8 Å². The molecule has 0 unspecified atom stereocenters. The molecule has 43 heavy (non-hydrogen) atoms. The Bertz CT molecular complexity index is 1680. The van der Waals surface area contributed by atoms with Crippen LogP contribution < -0.4 is 16.0 Å². The molecule has 0 radical (unpaired) electrons. The van der Waals surface area contributed by atoms with Gasteiger partial charge in [-0.15, -0.1) is 0 Å². The van der Waals surface area contributed by atoms with E-state index in [-0.39, 0.29) is 30.8 Å². The van der Waals surface area contributed by atoms with E-state index in [0.29, 0.717) is 42.6 Å². The Morgan fingerprint density at radius 1 is 0.907 bits per heavy atom. The van der Waals surface area contributed by atoms with Gasteiger partial charge in [0.05, 0.1) is 16.6 Å². The molecule has 0 spiro atoms. The van der Waals surface area contributed by atoms with Crippen LogP contribution in [0.25, 0.3) is 10.9 Å². The zero-order valence-electron chi connectivity index (χ0n) is 23.4. The lowest BCUT2D eigenvalue weighted by atomic mass is 10.0. The van der Waals surface area contributed by atoms with Crippen molar-refractivity contribution in [3.8, 4) is 0 Å². The van der Waals surface area contributed by atoms with Gasteiger partial charge in [0.15, 0.2) is 0 Å². The monoisotopic (exact) mass is 601 g/mol. The summed E-state index contributed by atoms with van der Waals surface area (Å²) in [4.78, 5) is 21.3. The van der Waals surface area contributed by atoms with E-state index in [1.165, 1.54) is 4.90 Å².